The minimum Gasteiger partial charge on any atom is -0.481 e. The van der Waals surface area contributed by atoms with Crippen molar-refractivity contribution >= 4 is 29.1 Å². The monoisotopic (exact) mass is 388 g/mol. The molecule has 1 atom stereocenters. The van der Waals surface area contributed by atoms with E-state index in [1.54, 1.807) is 36.1 Å². The molecule has 2 aromatic rings. The van der Waals surface area contributed by atoms with Crippen molar-refractivity contribution in [1.29, 1.82) is 0 Å². The molecule has 1 aliphatic heterocycles. The lowest BCUT2D eigenvalue weighted by molar-refractivity contribution is -0.138. The molecular formula is C20H21ClN2O4. The van der Waals surface area contributed by atoms with Gasteiger partial charge in [0.05, 0.1) is 0 Å². The zero-order valence-electron chi connectivity index (χ0n) is 15.2. The summed E-state index contributed by atoms with van der Waals surface area (Å²) in [4.78, 5) is 26.2. The van der Waals surface area contributed by atoms with Crippen molar-refractivity contribution in [3.8, 4) is 5.75 Å². The van der Waals surface area contributed by atoms with Crippen LogP contribution in [0.4, 0.5) is 5.69 Å². The molecule has 27 heavy (non-hydrogen) atoms. The summed E-state index contributed by atoms with van der Waals surface area (Å²) in [5, 5.41) is 3.42. The van der Waals surface area contributed by atoms with Crippen LogP contribution in [0.3, 0.4) is 0 Å². The van der Waals surface area contributed by atoms with E-state index in [0.717, 1.165) is 11.1 Å². The van der Waals surface area contributed by atoms with Crippen LogP contribution in [0, 0.1) is 0 Å². The summed E-state index contributed by atoms with van der Waals surface area (Å²) >= 11 is 5.94. The van der Waals surface area contributed by atoms with Crippen LogP contribution < -0.4 is 10.1 Å². The van der Waals surface area contributed by atoms with Crippen LogP contribution in [-0.4, -0.2) is 36.5 Å². The highest BCUT2D eigenvalue weighted by atomic mass is 35.5. The van der Waals surface area contributed by atoms with E-state index in [0.29, 0.717) is 29.5 Å². The number of ether oxygens (including phenoxy) is 2. The third-order valence-electron chi connectivity index (χ3n) is 4.23. The first-order valence-electron chi connectivity index (χ1n) is 8.58. The molecule has 3 rings (SSSR count). The Morgan fingerprint density at radius 1 is 1.30 bits per heavy atom. The van der Waals surface area contributed by atoms with E-state index in [1.165, 1.54) is 7.11 Å². The number of amides is 2. The van der Waals surface area contributed by atoms with Gasteiger partial charge in [-0.25, -0.2) is 0 Å². The van der Waals surface area contributed by atoms with Crippen LogP contribution >= 0.6 is 11.6 Å². The van der Waals surface area contributed by atoms with Gasteiger partial charge < -0.3 is 19.7 Å². The number of fused-ring (bicyclic) bond motifs is 1. The van der Waals surface area contributed by atoms with E-state index < -0.39 is 6.10 Å². The summed E-state index contributed by atoms with van der Waals surface area (Å²) in [6.07, 6.45) is -0.590. The zero-order valence-corrected chi connectivity index (χ0v) is 16.0. The number of nitrogens with one attached hydrogen (secondary N) is 1. The summed E-state index contributed by atoms with van der Waals surface area (Å²) in [5.74, 6) is 0.305. The third-order valence-corrected chi connectivity index (χ3v) is 4.48. The highest BCUT2D eigenvalue weighted by Crippen LogP contribution is 2.29. The van der Waals surface area contributed by atoms with Gasteiger partial charge >= 0.3 is 0 Å². The van der Waals surface area contributed by atoms with Gasteiger partial charge in [0.2, 0.25) is 5.91 Å². The first-order chi connectivity index (χ1) is 13.0. The van der Waals surface area contributed by atoms with E-state index in [9.17, 15) is 9.59 Å². The van der Waals surface area contributed by atoms with Crippen molar-refractivity contribution in [2.24, 2.45) is 0 Å². The number of nitrogens with zero attached hydrogens (tertiary/aromatic N) is 1. The lowest BCUT2D eigenvalue weighted by Crippen LogP contribution is -2.37. The van der Waals surface area contributed by atoms with Crippen molar-refractivity contribution in [2.45, 2.75) is 26.1 Å². The zero-order chi connectivity index (χ0) is 19.4. The topological polar surface area (TPSA) is 67.9 Å². The molecule has 0 spiro atoms. The highest BCUT2D eigenvalue weighted by Gasteiger charge is 2.28. The Morgan fingerprint density at radius 3 is 2.74 bits per heavy atom. The van der Waals surface area contributed by atoms with Crippen LogP contribution in [0.2, 0.25) is 5.02 Å². The Balaban J connectivity index is 1.83. The molecule has 0 bridgehead atoms. The van der Waals surface area contributed by atoms with Crippen LogP contribution in [0.5, 0.6) is 5.75 Å². The second kappa shape index (κ2) is 8.41. The number of anilines is 1. The predicted octanol–water partition coefficient (Wildman–Crippen LogP) is 3.23. The van der Waals surface area contributed by atoms with E-state index in [-0.39, 0.29) is 18.4 Å². The number of hydrogen-bond donors (Lipinski definition) is 1. The fourth-order valence-corrected chi connectivity index (χ4v) is 3.08. The van der Waals surface area contributed by atoms with Gasteiger partial charge in [0, 0.05) is 36.5 Å². The number of halogens is 1. The number of benzene rings is 2. The summed E-state index contributed by atoms with van der Waals surface area (Å²) in [7, 11) is 1.46. The molecule has 7 heteroatoms. The standard InChI is InChI=1S/C20H21ClN2O4/c1-13-20(25)23(10-14-3-5-16(21)6-4-14)11-15-9-17(7-8-18(15)27-13)22-19(24)12-26-2/h3-9,13H,10-12H2,1-2H3,(H,22,24). The van der Waals surface area contributed by atoms with E-state index in [2.05, 4.69) is 5.32 Å². The number of carbonyl (C=O) groups is 2. The third kappa shape index (κ3) is 4.78. The molecule has 6 nitrogen and oxygen atoms in total. The van der Waals surface area contributed by atoms with Gasteiger partial charge in [-0.15, -0.1) is 0 Å². The average molecular weight is 389 g/mol. The maximum absolute atomic E-state index is 12.7. The van der Waals surface area contributed by atoms with Crippen LogP contribution in [0.15, 0.2) is 42.5 Å². The van der Waals surface area contributed by atoms with Gasteiger partial charge in [-0.1, -0.05) is 23.7 Å². The lowest BCUT2D eigenvalue weighted by Gasteiger charge is -2.22. The van der Waals surface area contributed by atoms with E-state index in [4.69, 9.17) is 21.1 Å². The van der Waals surface area contributed by atoms with Gasteiger partial charge in [0.1, 0.15) is 12.4 Å². The van der Waals surface area contributed by atoms with Crippen molar-refractivity contribution < 1.29 is 19.1 Å². The normalized spacial score (nSPS) is 16.3. The van der Waals surface area contributed by atoms with Crippen molar-refractivity contribution in [2.75, 3.05) is 19.0 Å². The molecule has 0 aromatic heterocycles. The summed E-state index contributed by atoms with van der Waals surface area (Å²) < 4.78 is 10.6. The van der Waals surface area contributed by atoms with Crippen molar-refractivity contribution in [1.82, 2.24) is 4.90 Å². The van der Waals surface area contributed by atoms with Gasteiger partial charge in [-0.05, 0) is 42.8 Å². The van der Waals surface area contributed by atoms with Crippen LogP contribution in [0.1, 0.15) is 18.1 Å². The number of carbonyl (C=O) groups excluding carboxylic acids is 2. The Hall–Kier alpha value is -2.57. The first kappa shape index (κ1) is 19.2. The molecule has 142 valence electrons. The second-order valence-corrected chi connectivity index (χ2v) is 6.82. The lowest BCUT2D eigenvalue weighted by atomic mass is 10.1. The maximum Gasteiger partial charge on any atom is 0.263 e. The van der Waals surface area contributed by atoms with Gasteiger partial charge in [-0.2, -0.15) is 0 Å². The van der Waals surface area contributed by atoms with E-state index in [1.807, 2.05) is 18.2 Å². The molecule has 1 heterocycles. The fraction of sp³-hybridized carbons (Fsp3) is 0.300. The molecule has 2 amide bonds. The smallest absolute Gasteiger partial charge is 0.263 e. The number of hydrogen-bond acceptors (Lipinski definition) is 4. The molecular weight excluding hydrogens is 368 g/mol. The molecule has 0 radical (unpaired) electrons. The highest BCUT2D eigenvalue weighted by molar-refractivity contribution is 6.30. The number of rotatable bonds is 5. The largest absolute Gasteiger partial charge is 0.481 e. The predicted molar refractivity (Wildman–Crippen MR) is 103 cm³/mol. The maximum atomic E-state index is 12.7. The van der Waals surface area contributed by atoms with Gasteiger partial charge in [-0.3, -0.25) is 9.59 Å². The van der Waals surface area contributed by atoms with Crippen LogP contribution in [-0.2, 0) is 27.4 Å². The molecule has 0 aliphatic carbocycles. The quantitative estimate of drug-likeness (QED) is 0.853. The van der Waals surface area contributed by atoms with Crippen molar-refractivity contribution in [3.63, 3.8) is 0 Å². The van der Waals surface area contributed by atoms with E-state index >= 15 is 0 Å². The Kier molecular flexibility index (Phi) is 5.98. The molecule has 1 N–H and O–H groups in total. The molecule has 0 saturated heterocycles. The van der Waals surface area contributed by atoms with Gasteiger partial charge in [0.25, 0.3) is 5.91 Å². The minimum absolute atomic E-state index is 0.0220. The summed E-state index contributed by atoms with van der Waals surface area (Å²) in [6.45, 7) is 2.55. The average Bonchev–Trinajstić information content (AvgIpc) is 2.74. The summed E-state index contributed by atoms with van der Waals surface area (Å²) in [5.41, 5.74) is 2.44. The Morgan fingerprint density at radius 2 is 2.04 bits per heavy atom. The van der Waals surface area contributed by atoms with Gasteiger partial charge in [0.15, 0.2) is 6.10 Å². The van der Waals surface area contributed by atoms with Crippen molar-refractivity contribution in [3.05, 3.63) is 58.6 Å². The fourth-order valence-electron chi connectivity index (χ4n) is 2.95. The molecule has 0 fully saturated rings. The molecule has 1 aliphatic rings. The molecule has 0 saturated carbocycles. The number of methoxy groups -OCH3 is 1. The molecule has 1 unspecified atom stereocenters. The minimum atomic E-state index is -0.590. The summed E-state index contributed by atoms with van der Waals surface area (Å²) in [6, 6.07) is 12.7. The van der Waals surface area contributed by atoms with Crippen LogP contribution in [0.25, 0.3) is 0 Å². The molecule has 2 aromatic carbocycles. The second-order valence-electron chi connectivity index (χ2n) is 6.38. The Labute approximate surface area is 163 Å². The first-order valence-corrected chi connectivity index (χ1v) is 8.95. The SMILES string of the molecule is COCC(=O)Nc1ccc2c(c1)CN(Cc1ccc(Cl)cc1)C(=O)C(C)O2. The Bertz CT molecular complexity index is 838.